The van der Waals surface area contributed by atoms with Crippen LogP contribution in [0.25, 0.3) is 0 Å². The molecule has 25 heavy (non-hydrogen) atoms. The molecule has 1 N–H and O–H groups in total. The Bertz CT molecular complexity index is 680. The van der Waals surface area contributed by atoms with E-state index in [-0.39, 0.29) is 0 Å². The lowest BCUT2D eigenvalue weighted by molar-refractivity contribution is 0.485. The van der Waals surface area contributed by atoms with Crippen molar-refractivity contribution in [1.29, 1.82) is 0 Å². The number of benzene rings is 1. The molecule has 0 spiro atoms. The second-order valence-corrected chi connectivity index (χ2v) is 7.51. The number of likely N-dealkylation sites (tertiary alicyclic amines) is 1. The average molecular weight is 357 g/mol. The molecule has 5 heteroatoms. The summed E-state index contributed by atoms with van der Waals surface area (Å²) in [6.07, 6.45) is 3.28. The van der Waals surface area contributed by atoms with E-state index in [0.29, 0.717) is 5.92 Å². The summed E-state index contributed by atoms with van der Waals surface area (Å²) in [7, 11) is 0. The van der Waals surface area contributed by atoms with Gasteiger partial charge < -0.3 is 10.2 Å². The molecule has 1 aliphatic rings. The fraction of sp³-hybridized carbons (Fsp3) is 0.500. The molecule has 1 unspecified atom stereocenters. The lowest BCUT2D eigenvalue weighted by Crippen LogP contribution is -2.40. The molecule has 0 saturated carbocycles. The Labute approximate surface area is 155 Å². The van der Waals surface area contributed by atoms with Crippen molar-refractivity contribution in [3.63, 3.8) is 0 Å². The minimum Gasteiger partial charge on any atom is -0.357 e. The maximum Gasteiger partial charge on any atom is 0.193 e. The van der Waals surface area contributed by atoms with Crippen molar-refractivity contribution >= 4 is 17.3 Å². The van der Waals surface area contributed by atoms with Gasteiger partial charge in [0.05, 0.1) is 5.01 Å². The van der Waals surface area contributed by atoms with Gasteiger partial charge in [-0.25, -0.2) is 4.98 Å². The zero-order valence-electron chi connectivity index (χ0n) is 15.2. The summed E-state index contributed by atoms with van der Waals surface area (Å²) in [5.74, 6) is 1.68. The van der Waals surface area contributed by atoms with E-state index in [4.69, 9.17) is 4.99 Å². The monoisotopic (exact) mass is 356 g/mol. The van der Waals surface area contributed by atoms with Gasteiger partial charge in [-0.3, -0.25) is 4.99 Å². The van der Waals surface area contributed by atoms with Crippen molar-refractivity contribution in [3.8, 4) is 0 Å². The van der Waals surface area contributed by atoms with Crippen molar-refractivity contribution < 1.29 is 0 Å². The second kappa shape index (κ2) is 8.99. The molecule has 2 aromatic rings. The molecule has 0 aliphatic carbocycles. The van der Waals surface area contributed by atoms with Crippen LogP contribution < -0.4 is 5.32 Å². The van der Waals surface area contributed by atoms with E-state index in [1.807, 2.05) is 0 Å². The minimum absolute atomic E-state index is 0.614. The van der Waals surface area contributed by atoms with Crippen LogP contribution in [0.5, 0.6) is 0 Å². The number of aromatic nitrogens is 1. The van der Waals surface area contributed by atoms with Crippen LogP contribution in [0.15, 0.2) is 40.7 Å². The molecule has 0 radical (unpaired) electrons. The van der Waals surface area contributed by atoms with E-state index in [2.05, 4.69) is 64.8 Å². The topological polar surface area (TPSA) is 40.5 Å². The molecule has 1 saturated heterocycles. The predicted octanol–water partition coefficient (Wildman–Crippen LogP) is 3.84. The third-order valence-corrected chi connectivity index (χ3v) is 5.60. The zero-order chi connectivity index (χ0) is 17.5. The molecule has 3 rings (SSSR count). The maximum absolute atomic E-state index is 4.85. The number of rotatable bonds is 6. The van der Waals surface area contributed by atoms with Gasteiger partial charge in [0.1, 0.15) is 0 Å². The third kappa shape index (κ3) is 5.05. The van der Waals surface area contributed by atoms with Crippen molar-refractivity contribution in [1.82, 2.24) is 15.2 Å². The molecular formula is C20H28N4S. The summed E-state index contributed by atoms with van der Waals surface area (Å²) in [5, 5.41) is 6.81. The molecule has 0 amide bonds. The Balaban J connectivity index is 1.53. The highest BCUT2D eigenvalue weighted by atomic mass is 32.1. The fourth-order valence-electron chi connectivity index (χ4n) is 3.31. The van der Waals surface area contributed by atoms with Crippen LogP contribution in [-0.4, -0.2) is 42.0 Å². The van der Waals surface area contributed by atoms with Gasteiger partial charge in [-0.15, -0.1) is 11.3 Å². The molecule has 2 heterocycles. The lowest BCUT2D eigenvalue weighted by atomic mass is 9.99. The average Bonchev–Trinajstić information content (AvgIpc) is 3.28. The summed E-state index contributed by atoms with van der Waals surface area (Å²) < 4.78 is 0. The smallest absolute Gasteiger partial charge is 0.193 e. The Morgan fingerprint density at radius 1 is 1.36 bits per heavy atom. The largest absolute Gasteiger partial charge is 0.357 e. The van der Waals surface area contributed by atoms with Crippen LogP contribution in [-0.2, 0) is 6.42 Å². The number of aliphatic imine (C=N–C) groups is 1. The quantitative estimate of drug-likeness (QED) is 0.486. The van der Waals surface area contributed by atoms with Crippen LogP contribution in [0.3, 0.4) is 0 Å². The van der Waals surface area contributed by atoms with E-state index < -0.39 is 0 Å². The van der Waals surface area contributed by atoms with Crippen molar-refractivity contribution in [2.45, 2.75) is 39.0 Å². The number of hydrogen-bond donors (Lipinski definition) is 1. The molecule has 1 aliphatic heterocycles. The minimum atomic E-state index is 0.614. The Morgan fingerprint density at radius 3 is 2.92 bits per heavy atom. The van der Waals surface area contributed by atoms with E-state index in [0.717, 1.165) is 50.7 Å². The molecule has 4 nitrogen and oxygen atoms in total. The standard InChI is InChI=1S/C20H28N4S/c1-3-21-20(22-12-7-10-19-23-16(2)15-25-19)24-13-11-18(14-24)17-8-5-4-6-9-17/h4-6,8-9,15,18H,3,7,10-14H2,1-2H3,(H,21,22). The molecule has 1 atom stereocenters. The van der Waals surface area contributed by atoms with Crippen LogP contribution in [0, 0.1) is 6.92 Å². The number of guanidine groups is 1. The second-order valence-electron chi connectivity index (χ2n) is 6.56. The SMILES string of the molecule is CCNC(=NCCCc1nc(C)cs1)N1CCC(c2ccccc2)C1. The number of nitrogens with zero attached hydrogens (tertiary/aromatic N) is 3. The van der Waals surface area contributed by atoms with E-state index in [9.17, 15) is 0 Å². The summed E-state index contributed by atoms with van der Waals surface area (Å²) in [6, 6.07) is 10.9. The van der Waals surface area contributed by atoms with Gasteiger partial charge >= 0.3 is 0 Å². The molecule has 0 bridgehead atoms. The van der Waals surface area contributed by atoms with E-state index >= 15 is 0 Å². The van der Waals surface area contributed by atoms with E-state index in [1.165, 1.54) is 17.0 Å². The highest BCUT2D eigenvalue weighted by molar-refractivity contribution is 7.09. The maximum atomic E-state index is 4.85. The first-order valence-corrected chi connectivity index (χ1v) is 10.1. The Morgan fingerprint density at radius 2 is 2.20 bits per heavy atom. The van der Waals surface area contributed by atoms with Crippen molar-refractivity contribution in [3.05, 3.63) is 52.0 Å². The van der Waals surface area contributed by atoms with Gasteiger partial charge in [-0.2, -0.15) is 0 Å². The number of hydrogen-bond acceptors (Lipinski definition) is 3. The van der Waals surface area contributed by atoms with Crippen LogP contribution >= 0.6 is 11.3 Å². The molecule has 134 valence electrons. The predicted molar refractivity (Wildman–Crippen MR) is 107 cm³/mol. The van der Waals surface area contributed by atoms with Crippen LogP contribution in [0.1, 0.15) is 41.9 Å². The zero-order valence-corrected chi connectivity index (χ0v) is 16.1. The van der Waals surface area contributed by atoms with Gasteiger partial charge in [-0.05, 0) is 32.3 Å². The van der Waals surface area contributed by atoms with E-state index in [1.54, 1.807) is 11.3 Å². The highest BCUT2D eigenvalue weighted by Crippen LogP contribution is 2.26. The van der Waals surface area contributed by atoms with Gasteiger partial charge in [0.2, 0.25) is 0 Å². The molecule has 1 aromatic carbocycles. The number of nitrogens with one attached hydrogen (secondary N) is 1. The fourth-order valence-corrected chi connectivity index (χ4v) is 4.13. The summed E-state index contributed by atoms with van der Waals surface area (Å²) >= 11 is 1.76. The van der Waals surface area contributed by atoms with Gasteiger partial charge in [0.25, 0.3) is 0 Å². The molecule has 1 fully saturated rings. The molecular weight excluding hydrogens is 328 g/mol. The highest BCUT2D eigenvalue weighted by Gasteiger charge is 2.25. The first-order chi connectivity index (χ1) is 12.3. The van der Waals surface area contributed by atoms with Gasteiger partial charge in [-0.1, -0.05) is 30.3 Å². The summed E-state index contributed by atoms with van der Waals surface area (Å²) in [6.45, 7) is 8.10. The van der Waals surface area contributed by atoms with Gasteiger partial charge in [0, 0.05) is 49.6 Å². The number of thiazole rings is 1. The van der Waals surface area contributed by atoms with Crippen molar-refractivity contribution in [2.75, 3.05) is 26.2 Å². The summed E-state index contributed by atoms with van der Waals surface area (Å²) in [5.41, 5.74) is 2.57. The normalized spacial score (nSPS) is 17.9. The Kier molecular flexibility index (Phi) is 6.45. The van der Waals surface area contributed by atoms with Crippen molar-refractivity contribution in [2.24, 2.45) is 4.99 Å². The van der Waals surface area contributed by atoms with Crippen LogP contribution in [0.4, 0.5) is 0 Å². The Hall–Kier alpha value is -1.88. The summed E-state index contributed by atoms with van der Waals surface area (Å²) in [4.78, 5) is 11.8. The first kappa shape index (κ1) is 17.9. The lowest BCUT2D eigenvalue weighted by Gasteiger charge is -2.21. The molecule has 1 aromatic heterocycles. The van der Waals surface area contributed by atoms with Gasteiger partial charge in [0.15, 0.2) is 5.96 Å². The van der Waals surface area contributed by atoms with Crippen LogP contribution in [0.2, 0.25) is 0 Å². The number of aryl methyl sites for hydroxylation is 2. The first-order valence-electron chi connectivity index (χ1n) is 9.25. The third-order valence-electron chi connectivity index (χ3n) is 4.57.